The quantitative estimate of drug-likeness (QED) is 0.463. The van der Waals surface area contributed by atoms with Crippen molar-refractivity contribution in [2.75, 3.05) is 6.61 Å². The summed E-state index contributed by atoms with van der Waals surface area (Å²) in [5.74, 6) is -0.425. The molecule has 0 radical (unpaired) electrons. The molecule has 0 N–H and O–H groups in total. The Morgan fingerprint density at radius 1 is 0.952 bits per heavy atom. The van der Waals surface area contributed by atoms with Crippen LogP contribution in [0.3, 0.4) is 0 Å². The minimum atomic E-state index is -0.425. The van der Waals surface area contributed by atoms with E-state index in [2.05, 4.69) is 6.58 Å². The van der Waals surface area contributed by atoms with E-state index in [1.165, 1.54) is 0 Å². The Kier molecular flexibility index (Phi) is 5.04. The number of carbonyl (C=O) groups is 2. The van der Waals surface area contributed by atoms with Crippen molar-refractivity contribution in [1.29, 1.82) is 0 Å². The molecule has 0 amide bonds. The molecule has 0 fully saturated rings. The van der Waals surface area contributed by atoms with E-state index in [0.29, 0.717) is 24.2 Å². The molecule has 0 heterocycles. The second kappa shape index (κ2) is 7.20. The third-order valence-corrected chi connectivity index (χ3v) is 3.05. The number of ketones is 1. The smallest absolute Gasteiger partial charge is 0.330 e. The van der Waals surface area contributed by atoms with Gasteiger partial charge in [0.05, 0.1) is 6.61 Å². The van der Waals surface area contributed by atoms with E-state index in [9.17, 15) is 9.59 Å². The van der Waals surface area contributed by atoms with Gasteiger partial charge >= 0.3 is 5.97 Å². The zero-order valence-electron chi connectivity index (χ0n) is 11.6. The summed E-state index contributed by atoms with van der Waals surface area (Å²) in [5.41, 5.74) is 2.33. The first-order chi connectivity index (χ1) is 10.2. The molecule has 106 valence electrons. The van der Waals surface area contributed by atoms with Crippen LogP contribution in [-0.2, 0) is 16.0 Å². The van der Waals surface area contributed by atoms with Crippen LogP contribution < -0.4 is 0 Å². The van der Waals surface area contributed by atoms with Crippen molar-refractivity contribution in [2.45, 2.75) is 6.42 Å². The summed E-state index contributed by atoms with van der Waals surface area (Å²) in [6, 6.07) is 16.5. The summed E-state index contributed by atoms with van der Waals surface area (Å²) in [5, 5.41) is 0. The highest BCUT2D eigenvalue weighted by Crippen LogP contribution is 2.11. The molecule has 0 atom stereocenters. The van der Waals surface area contributed by atoms with Crippen LogP contribution in [0.25, 0.3) is 0 Å². The van der Waals surface area contributed by atoms with Crippen LogP contribution in [0.2, 0.25) is 0 Å². The molecule has 2 rings (SSSR count). The summed E-state index contributed by atoms with van der Waals surface area (Å²) in [7, 11) is 0. The lowest BCUT2D eigenvalue weighted by Gasteiger charge is -2.04. The molecule has 3 heteroatoms. The Bertz CT molecular complexity index is 627. The minimum absolute atomic E-state index is 0.000218. The first-order valence-corrected chi connectivity index (χ1v) is 6.68. The maximum atomic E-state index is 12.2. The van der Waals surface area contributed by atoms with Crippen LogP contribution in [0.1, 0.15) is 21.5 Å². The van der Waals surface area contributed by atoms with Gasteiger partial charge in [-0.1, -0.05) is 61.2 Å². The molecular weight excluding hydrogens is 264 g/mol. The molecule has 2 aromatic carbocycles. The maximum absolute atomic E-state index is 12.2. The zero-order valence-corrected chi connectivity index (χ0v) is 11.6. The molecule has 3 nitrogen and oxygen atoms in total. The minimum Gasteiger partial charge on any atom is -0.462 e. The lowest BCUT2D eigenvalue weighted by molar-refractivity contribution is -0.137. The lowest BCUT2D eigenvalue weighted by atomic mass is 10.0. The van der Waals surface area contributed by atoms with E-state index in [0.717, 1.165) is 11.6 Å². The zero-order chi connectivity index (χ0) is 15.1. The average Bonchev–Trinajstić information content (AvgIpc) is 2.55. The average molecular weight is 280 g/mol. The molecule has 0 aliphatic heterocycles. The number of benzene rings is 2. The molecule has 0 aliphatic rings. The Labute approximate surface area is 123 Å². The molecule has 0 aromatic heterocycles. The topological polar surface area (TPSA) is 43.4 Å². The van der Waals surface area contributed by atoms with Crippen molar-refractivity contribution in [3.05, 3.63) is 83.9 Å². The van der Waals surface area contributed by atoms with Crippen LogP contribution >= 0.6 is 0 Å². The molecule has 0 bridgehead atoms. The predicted octanol–water partition coefficient (Wildman–Crippen LogP) is 3.19. The number of hydrogen-bond donors (Lipinski definition) is 0. The molecule has 21 heavy (non-hydrogen) atoms. The summed E-state index contributed by atoms with van der Waals surface area (Å²) in [6.07, 6.45) is 1.75. The van der Waals surface area contributed by atoms with E-state index >= 15 is 0 Å². The van der Waals surface area contributed by atoms with Gasteiger partial charge in [0.2, 0.25) is 0 Å². The third-order valence-electron chi connectivity index (χ3n) is 3.05. The lowest BCUT2D eigenvalue weighted by Crippen LogP contribution is -2.05. The van der Waals surface area contributed by atoms with Crippen molar-refractivity contribution in [2.24, 2.45) is 0 Å². The summed E-state index contributed by atoms with van der Waals surface area (Å²) >= 11 is 0. The van der Waals surface area contributed by atoms with Crippen LogP contribution in [0, 0.1) is 0 Å². The fraction of sp³-hybridized carbons (Fsp3) is 0.111. The summed E-state index contributed by atoms with van der Waals surface area (Å²) < 4.78 is 4.92. The van der Waals surface area contributed by atoms with Gasteiger partial charge in [-0.15, -0.1) is 0 Å². The Morgan fingerprint density at radius 2 is 1.57 bits per heavy atom. The van der Waals surface area contributed by atoms with Crippen molar-refractivity contribution >= 4 is 11.8 Å². The van der Waals surface area contributed by atoms with E-state index < -0.39 is 5.97 Å². The van der Waals surface area contributed by atoms with Gasteiger partial charge in [0.25, 0.3) is 0 Å². The molecular formula is C18H16O3. The van der Waals surface area contributed by atoms with Crippen LogP contribution in [-0.4, -0.2) is 18.4 Å². The van der Waals surface area contributed by atoms with Crippen molar-refractivity contribution in [3.63, 3.8) is 0 Å². The highest BCUT2D eigenvalue weighted by Gasteiger charge is 2.08. The number of hydrogen-bond acceptors (Lipinski definition) is 3. The second-order valence-corrected chi connectivity index (χ2v) is 4.51. The van der Waals surface area contributed by atoms with Gasteiger partial charge < -0.3 is 4.74 Å². The van der Waals surface area contributed by atoms with Gasteiger partial charge in [0, 0.05) is 23.6 Å². The summed E-state index contributed by atoms with van der Waals surface area (Å²) in [6.45, 7) is 3.64. The van der Waals surface area contributed by atoms with Crippen LogP contribution in [0.15, 0.2) is 67.3 Å². The molecule has 0 saturated carbocycles. The molecule has 0 unspecified atom stereocenters. The van der Waals surface area contributed by atoms with Gasteiger partial charge in [-0.3, -0.25) is 4.79 Å². The van der Waals surface area contributed by atoms with Crippen molar-refractivity contribution in [3.8, 4) is 0 Å². The SMILES string of the molecule is C=CC(=O)OCCc1ccc(C(=O)c2ccccc2)cc1. The first kappa shape index (κ1) is 14.7. The van der Waals surface area contributed by atoms with Gasteiger partial charge in [-0.2, -0.15) is 0 Å². The fourth-order valence-electron chi connectivity index (χ4n) is 1.91. The van der Waals surface area contributed by atoms with E-state index in [1.54, 1.807) is 24.3 Å². The number of carbonyl (C=O) groups excluding carboxylic acids is 2. The van der Waals surface area contributed by atoms with E-state index in [4.69, 9.17) is 4.74 Å². The van der Waals surface area contributed by atoms with E-state index in [1.807, 2.05) is 30.3 Å². The second-order valence-electron chi connectivity index (χ2n) is 4.51. The number of esters is 1. The Balaban J connectivity index is 1.97. The molecule has 0 spiro atoms. The molecule has 0 aliphatic carbocycles. The Morgan fingerprint density at radius 3 is 2.19 bits per heavy atom. The van der Waals surface area contributed by atoms with Crippen molar-refractivity contribution in [1.82, 2.24) is 0 Å². The van der Waals surface area contributed by atoms with Gasteiger partial charge in [-0.05, 0) is 5.56 Å². The molecule has 2 aromatic rings. The van der Waals surface area contributed by atoms with Gasteiger partial charge in [-0.25, -0.2) is 4.79 Å². The third kappa shape index (κ3) is 4.14. The largest absolute Gasteiger partial charge is 0.462 e. The highest BCUT2D eigenvalue weighted by atomic mass is 16.5. The van der Waals surface area contributed by atoms with Gasteiger partial charge in [0.1, 0.15) is 0 Å². The Hall–Kier alpha value is -2.68. The standard InChI is InChI=1S/C18H16O3/c1-2-17(19)21-13-12-14-8-10-16(11-9-14)18(20)15-6-4-3-5-7-15/h2-11H,1,12-13H2. The highest BCUT2D eigenvalue weighted by molar-refractivity contribution is 6.08. The summed E-state index contributed by atoms with van der Waals surface area (Å²) in [4.78, 5) is 23.1. The first-order valence-electron chi connectivity index (χ1n) is 6.68. The normalized spacial score (nSPS) is 9.90. The predicted molar refractivity (Wildman–Crippen MR) is 81.2 cm³/mol. The maximum Gasteiger partial charge on any atom is 0.330 e. The molecule has 0 saturated heterocycles. The van der Waals surface area contributed by atoms with E-state index in [-0.39, 0.29) is 5.78 Å². The fourth-order valence-corrected chi connectivity index (χ4v) is 1.91. The van der Waals surface area contributed by atoms with Crippen LogP contribution in [0.5, 0.6) is 0 Å². The van der Waals surface area contributed by atoms with Crippen LogP contribution in [0.4, 0.5) is 0 Å². The monoisotopic (exact) mass is 280 g/mol. The van der Waals surface area contributed by atoms with Gasteiger partial charge in [0.15, 0.2) is 5.78 Å². The van der Waals surface area contributed by atoms with Crippen molar-refractivity contribution < 1.29 is 14.3 Å². The number of ether oxygens (including phenoxy) is 1. The number of rotatable bonds is 6.